The molecule has 300 valence electrons. The highest BCUT2D eigenvalue weighted by molar-refractivity contribution is 5.17. The molecule has 0 aliphatic heterocycles. The van der Waals surface area contributed by atoms with Gasteiger partial charge in [0.05, 0.1) is 0 Å². The van der Waals surface area contributed by atoms with E-state index in [-0.39, 0.29) is 33.9 Å². The third kappa shape index (κ3) is 30.4. The predicted molar refractivity (Wildman–Crippen MR) is 234 cm³/mol. The Hall–Kier alpha value is -1.72. The summed E-state index contributed by atoms with van der Waals surface area (Å²) in [6.07, 6.45) is 3.02. The Kier molecular flexibility index (Phi) is 24.3. The summed E-state index contributed by atoms with van der Waals surface area (Å²) in [7, 11) is 0. The van der Waals surface area contributed by atoms with Gasteiger partial charge in [0.15, 0.2) is 0 Å². The molecule has 3 atom stereocenters. The molecule has 3 unspecified atom stereocenters. The maximum Gasteiger partial charge on any atom is 0.0146 e. The van der Waals surface area contributed by atoms with E-state index in [9.17, 15) is 0 Å². The van der Waals surface area contributed by atoms with Gasteiger partial charge in [0, 0.05) is 23.7 Å². The maximum atomic E-state index is 6.09. The third-order valence-electron chi connectivity index (χ3n) is 10.0. The van der Waals surface area contributed by atoms with Crippen molar-refractivity contribution in [3.8, 4) is 0 Å². The van der Waals surface area contributed by atoms with Crippen molar-refractivity contribution in [3.05, 3.63) is 71.8 Å². The largest absolute Gasteiger partial charge is 0.327 e. The Bertz CT molecular complexity index is 1080. The van der Waals surface area contributed by atoms with Crippen LogP contribution in [0.1, 0.15) is 163 Å². The van der Waals surface area contributed by atoms with Gasteiger partial charge in [-0.15, -0.1) is 0 Å². The summed E-state index contributed by atoms with van der Waals surface area (Å²) in [4.78, 5) is 0. The fourth-order valence-electron chi connectivity index (χ4n) is 3.95. The summed E-state index contributed by atoms with van der Waals surface area (Å²) in [5.41, 5.74) is 28.0. The highest BCUT2D eigenvalue weighted by Gasteiger charge is 2.27. The lowest BCUT2D eigenvalue weighted by atomic mass is 9.77. The zero-order chi connectivity index (χ0) is 41.2. The standard InChI is InChI=1S/C13H21N.C12H19N.C8H19N.C7H17N.C7H16/c1-13(2,3)10-12(14)9-11-7-5-4-6-8-11;1-12(2,3)11(13)9-10-7-5-4-6-8-10;1-6(2)7(9)8(3,4)5;1-6(2,3)7(4,5)8;1-6(2)7(3,4)5/h4-8,12H,9-10,14H2,1-3H3;4-8,11H,9,13H2,1-3H3;6-7H,9H2,1-5H3;8H2,1-5H3;6H,1-5H3. The van der Waals surface area contributed by atoms with Gasteiger partial charge in [-0.05, 0) is 83.1 Å². The topological polar surface area (TPSA) is 104 Å². The molecule has 0 aliphatic carbocycles. The van der Waals surface area contributed by atoms with Crippen LogP contribution in [-0.2, 0) is 12.8 Å². The van der Waals surface area contributed by atoms with Gasteiger partial charge >= 0.3 is 0 Å². The molecule has 0 spiro atoms. The van der Waals surface area contributed by atoms with E-state index in [0.717, 1.165) is 25.2 Å². The SMILES string of the molecule is CC(C)(C)C(C)(C)N.CC(C)(C)C(N)Cc1ccccc1.CC(C)(C)CC(N)Cc1ccccc1.CC(C)C(C)(C)C.CC(C)C(N)C(C)(C)C. The van der Waals surface area contributed by atoms with Crippen LogP contribution in [0.25, 0.3) is 0 Å². The van der Waals surface area contributed by atoms with Crippen molar-refractivity contribution in [1.29, 1.82) is 0 Å². The second-order valence-corrected chi connectivity index (χ2v) is 21.5. The van der Waals surface area contributed by atoms with Crippen molar-refractivity contribution in [3.63, 3.8) is 0 Å². The van der Waals surface area contributed by atoms with E-state index in [1.165, 1.54) is 11.1 Å². The fraction of sp³-hybridized carbons (Fsp3) is 0.745. The molecular weight excluding hydrogens is 621 g/mol. The number of hydrogen-bond donors (Lipinski definition) is 4. The molecule has 0 heterocycles. The molecule has 0 aliphatic rings. The quantitative estimate of drug-likeness (QED) is 0.239. The molecule has 0 saturated heterocycles. The van der Waals surface area contributed by atoms with Crippen LogP contribution in [0.15, 0.2) is 60.7 Å². The molecule has 0 saturated carbocycles. The number of nitrogens with two attached hydrogens (primary N) is 4. The first-order chi connectivity index (χ1) is 22.5. The first-order valence-corrected chi connectivity index (χ1v) is 19.7. The van der Waals surface area contributed by atoms with Crippen LogP contribution in [0.3, 0.4) is 0 Å². The van der Waals surface area contributed by atoms with Gasteiger partial charge in [0.2, 0.25) is 0 Å². The highest BCUT2D eigenvalue weighted by Crippen LogP contribution is 2.27. The number of hydrogen-bond acceptors (Lipinski definition) is 4. The monoisotopic (exact) mass is 713 g/mol. The van der Waals surface area contributed by atoms with E-state index in [4.69, 9.17) is 22.9 Å². The minimum absolute atomic E-state index is 0.0625. The van der Waals surface area contributed by atoms with Crippen molar-refractivity contribution >= 4 is 0 Å². The van der Waals surface area contributed by atoms with Crippen molar-refractivity contribution in [2.24, 2.45) is 61.8 Å². The van der Waals surface area contributed by atoms with E-state index >= 15 is 0 Å². The van der Waals surface area contributed by atoms with E-state index in [1.807, 2.05) is 26.0 Å². The molecule has 51 heavy (non-hydrogen) atoms. The second kappa shape index (κ2) is 23.1. The normalized spacial score (nSPS) is 14.3. The molecule has 0 radical (unpaired) electrons. The molecule has 2 rings (SSSR count). The van der Waals surface area contributed by atoms with E-state index in [2.05, 4.69) is 180 Å². The minimum atomic E-state index is -0.0625. The molecule has 8 N–H and O–H groups in total. The molecule has 4 heteroatoms. The molecule has 0 fully saturated rings. The lowest BCUT2D eigenvalue weighted by Crippen LogP contribution is -2.45. The van der Waals surface area contributed by atoms with Crippen molar-refractivity contribution in [2.75, 3.05) is 0 Å². The molecule has 2 aromatic rings. The summed E-state index contributed by atoms with van der Waals surface area (Å²) < 4.78 is 0. The van der Waals surface area contributed by atoms with E-state index < -0.39 is 0 Å². The molecule has 0 aromatic heterocycles. The van der Waals surface area contributed by atoms with Crippen LogP contribution in [0.2, 0.25) is 0 Å². The van der Waals surface area contributed by atoms with Crippen LogP contribution < -0.4 is 22.9 Å². The number of benzene rings is 2. The average Bonchev–Trinajstić information content (AvgIpc) is 2.91. The van der Waals surface area contributed by atoms with Crippen LogP contribution >= 0.6 is 0 Å². The summed E-state index contributed by atoms with van der Waals surface area (Å²) in [5.74, 6) is 1.39. The summed E-state index contributed by atoms with van der Waals surface area (Å²) in [6.45, 7) is 45.9. The second-order valence-electron chi connectivity index (χ2n) is 21.5. The van der Waals surface area contributed by atoms with Crippen LogP contribution in [0.5, 0.6) is 0 Å². The van der Waals surface area contributed by atoms with Gasteiger partial charge in [0.1, 0.15) is 0 Å². The Morgan fingerprint density at radius 3 is 1.00 bits per heavy atom. The molecular formula is C47H92N4. The van der Waals surface area contributed by atoms with Crippen LogP contribution in [-0.4, -0.2) is 23.7 Å². The summed E-state index contributed by atoms with van der Waals surface area (Å²) >= 11 is 0. The van der Waals surface area contributed by atoms with Gasteiger partial charge in [-0.3, -0.25) is 0 Å². The smallest absolute Gasteiger partial charge is 0.0146 e. The van der Waals surface area contributed by atoms with Gasteiger partial charge in [-0.1, -0.05) is 192 Å². The Morgan fingerprint density at radius 2 is 0.804 bits per heavy atom. The zero-order valence-electron chi connectivity index (χ0n) is 38.1. The first-order valence-electron chi connectivity index (χ1n) is 19.7. The Labute approximate surface area is 321 Å². The highest BCUT2D eigenvalue weighted by atomic mass is 14.7. The van der Waals surface area contributed by atoms with Gasteiger partial charge in [-0.25, -0.2) is 0 Å². The third-order valence-corrected chi connectivity index (χ3v) is 10.0. The maximum absolute atomic E-state index is 6.09. The average molecular weight is 713 g/mol. The van der Waals surface area contributed by atoms with Gasteiger partial charge in [-0.2, -0.15) is 0 Å². The van der Waals surface area contributed by atoms with E-state index in [0.29, 0.717) is 22.8 Å². The van der Waals surface area contributed by atoms with E-state index in [1.54, 1.807) is 0 Å². The Balaban J connectivity index is -0.000000581. The minimum Gasteiger partial charge on any atom is -0.327 e. The zero-order valence-corrected chi connectivity index (χ0v) is 38.1. The molecule has 4 nitrogen and oxygen atoms in total. The lowest BCUT2D eigenvalue weighted by Gasteiger charge is -2.34. The summed E-state index contributed by atoms with van der Waals surface area (Å²) in [6, 6.07) is 21.7. The first kappa shape index (κ1) is 53.6. The fourth-order valence-corrected chi connectivity index (χ4v) is 3.95. The van der Waals surface area contributed by atoms with Crippen LogP contribution in [0.4, 0.5) is 0 Å². The molecule has 0 bridgehead atoms. The lowest BCUT2D eigenvalue weighted by molar-refractivity contribution is 0.230. The van der Waals surface area contributed by atoms with Gasteiger partial charge in [0.25, 0.3) is 0 Å². The van der Waals surface area contributed by atoms with Crippen molar-refractivity contribution < 1.29 is 0 Å². The summed E-state index contributed by atoms with van der Waals surface area (Å²) in [5, 5.41) is 0. The van der Waals surface area contributed by atoms with Crippen molar-refractivity contribution in [1.82, 2.24) is 0 Å². The Morgan fingerprint density at radius 1 is 0.490 bits per heavy atom. The molecule has 2 aromatic carbocycles. The predicted octanol–water partition coefficient (Wildman–Crippen LogP) is 12.1. The number of rotatable bonds is 6. The molecule has 0 amide bonds. The van der Waals surface area contributed by atoms with Crippen LogP contribution in [0, 0.1) is 38.9 Å². The van der Waals surface area contributed by atoms with Crippen molar-refractivity contribution in [2.45, 2.75) is 188 Å². The van der Waals surface area contributed by atoms with Gasteiger partial charge < -0.3 is 22.9 Å².